The zero-order valence-electron chi connectivity index (χ0n) is 10.6. The minimum Gasteiger partial charge on any atom is -0.441 e. The summed E-state index contributed by atoms with van der Waals surface area (Å²) >= 11 is 0. The first-order valence-electron chi connectivity index (χ1n) is 5.45. The number of rotatable bonds is 7. The van der Waals surface area contributed by atoms with E-state index in [1.807, 2.05) is 0 Å². The Morgan fingerprint density at radius 1 is 1.50 bits per heavy atom. The summed E-state index contributed by atoms with van der Waals surface area (Å²) in [6, 6.07) is 0. The Morgan fingerprint density at radius 3 is 2.55 bits per heavy atom. The van der Waals surface area contributed by atoms with Gasteiger partial charge in [0.15, 0.2) is 12.3 Å². The molecule has 20 heavy (non-hydrogen) atoms. The number of aldehydes is 2. The fraction of sp³-hybridized carbons (Fsp3) is 0.400. The summed E-state index contributed by atoms with van der Waals surface area (Å²) in [6.45, 7) is -0.809. The summed E-state index contributed by atoms with van der Waals surface area (Å²) in [5.74, 6) is -0.381. The molecular weight excluding hydrogens is 272 g/mol. The lowest BCUT2D eigenvalue weighted by Crippen LogP contribution is -2.34. The van der Waals surface area contributed by atoms with Crippen LogP contribution in [0.1, 0.15) is 5.69 Å². The highest BCUT2D eigenvalue weighted by molar-refractivity contribution is 5.74. The van der Waals surface area contributed by atoms with Gasteiger partial charge in [-0.1, -0.05) is 4.98 Å². The van der Waals surface area contributed by atoms with Gasteiger partial charge < -0.3 is 24.4 Å². The topological polar surface area (TPSA) is 125 Å². The minimum absolute atomic E-state index is 0.260. The van der Waals surface area contributed by atoms with E-state index < -0.39 is 11.0 Å². The van der Waals surface area contributed by atoms with Crippen molar-refractivity contribution in [3.8, 4) is 0 Å². The Hall–Kier alpha value is -2.78. The van der Waals surface area contributed by atoms with Crippen molar-refractivity contribution in [2.24, 2.45) is 7.05 Å². The number of carbonyl (C=O) groups excluding carboxylic acids is 3. The predicted molar refractivity (Wildman–Crippen MR) is 63.7 cm³/mol. The van der Waals surface area contributed by atoms with Gasteiger partial charge in [-0.15, -0.1) is 0 Å². The number of hydrogen-bond donors (Lipinski definition) is 0. The standard InChI is InChI=1S/C10H12N4O6/c1-12-8(6-11-9(12)14(18)19)7-20-10(17)13(2-4-15)3-5-16/h4-6H,2-3,7H2,1H3. The summed E-state index contributed by atoms with van der Waals surface area (Å²) in [5.41, 5.74) is 0.308. The Balaban J connectivity index is 2.66. The van der Waals surface area contributed by atoms with Gasteiger partial charge in [-0.05, 0) is 4.92 Å². The van der Waals surface area contributed by atoms with Crippen LogP contribution in [0.5, 0.6) is 0 Å². The molecule has 1 heterocycles. The maximum Gasteiger partial charge on any atom is 0.434 e. The van der Waals surface area contributed by atoms with E-state index >= 15 is 0 Å². The van der Waals surface area contributed by atoms with Gasteiger partial charge in [0.1, 0.15) is 18.8 Å². The summed E-state index contributed by atoms with van der Waals surface area (Å²) in [5, 5.41) is 10.6. The van der Waals surface area contributed by atoms with Crippen LogP contribution in [-0.2, 0) is 28.0 Å². The highest BCUT2D eigenvalue weighted by atomic mass is 16.6. The Bertz CT molecular complexity index is 516. The van der Waals surface area contributed by atoms with Crippen molar-refractivity contribution >= 4 is 24.6 Å². The van der Waals surface area contributed by atoms with Crippen LogP contribution in [0.3, 0.4) is 0 Å². The van der Waals surface area contributed by atoms with Crippen molar-refractivity contribution < 1.29 is 24.0 Å². The summed E-state index contributed by atoms with van der Waals surface area (Å²) in [7, 11) is 1.41. The van der Waals surface area contributed by atoms with Crippen LogP contribution >= 0.6 is 0 Å². The molecule has 0 aliphatic rings. The second kappa shape index (κ2) is 6.97. The molecule has 1 rings (SSSR count). The normalized spacial score (nSPS) is 9.85. The van der Waals surface area contributed by atoms with E-state index in [4.69, 9.17) is 4.74 Å². The molecule has 0 atom stereocenters. The third-order valence-corrected chi connectivity index (χ3v) is 2.41. The molecule has 0 fully saturated rings. The molecule has 0 aliphatic carbocycles. The number of carbonyl (C=O) groups is 3. The molecule has 0 bridgehead atoms. The molecular formula is C10H12N4O6. The van der Waals surface area contributed by atoms with E-state index in [-0.39, 0.29) is 25.6 Å². The molecule has 0 radical (unpaired) electrons. The first kappa shape index (κ1) is 15.3. The van der Waals surface area contributed by atoms with Crippen LogP contribution < -0.4 is 0 Å². The van der Waals surface area contributed by atoms with Crippen molar-refractivity contribution in [2.45, 2.75) is 6.61 Å². The minimum atomic E-state index is -0.868. The predicted octanol–water partition coefficient (Wildman–Crippen LogP) is -0.335. The maximum absolute atomic E-state index is 11.6. The lowest BCUT2D eigenvalue weighted by molar-refractivity contribution is -0.396. The first-order chi connectivity index (χ1) is 9.51. The fourth-order valence-electron chi connectivity index (χ4n) is 1.37. The Morgan fingerprint density at radius 2 is 2.10 bits per heavy atom. The van der Waals surface area contributed by atoms with Crippen molar-refractivity contribution in [3.63, 3.8) is 0 Å². The third-order valence-electron chi connectivity index (χ3n) is 2.41. The molecule has 0 saturated carbocycles. The SMILES string of the molecule is Cn1c(COC(=O)N(CC=O)CC=O)cnc1[N+](=O)[O-]. The van der Waals surface area contributed by atoms with Gasteiger partial charge in [0.25, 0.3) is 0 Å². The van der Waals surface area contributed by atoms with Gasteiger partial charge in [-0.2, -0.15) is 0 Å². The number of amides is 1. The molecule has 10 heteroatoms. The molecule has 10 nitrogen and oxygen atoms in total. The maximum atomic E-state index is 11.6. The van der Waals surface area contributed by atoms with Crippen molar-refractivity contribution in [1.82, 2.24) is 14.5 Å². The summed E-state index contributed by atoms with van der Waals surface area (Å²) < 4.78 is 6.02. The van der Waals surface area contributed by atoms with Crippen LogP contribution in [0.15, 0.2) is 6.20 Å². The number of imidazole rings is 1. The number of aromatic nitrogens is 2. The van der Waals surface area contributed by atoms with E-state index in [0.29, 0.717) is 18.3 Å². The van der Waals surface area contributed by atoms with Gasteiger partial charge >= 0.3 is 12.0 Å². The average Bonchev–Trinajstić information content (AvgIpc) is 2.77. The van der Waals surface area contributed by atoms with E-state index in [2.05, 4.69) is 4.98 Å². The average molecular weight is 284 g/mol. The van der Waals surface area contributed by atoms with Gasteiger partial charge in [0, 0.05) is 0 Å². The van der Waals surface area contributed by atoms with Gasteiger partial charge in [0.05, 0.1) is 20.1 Å². The molecule has 0 unspecified atom stereocenters. The smallest absolute Gasteiger partial charge is 0.434 e. The van der Waals surface area contributed by atoms with Gasteiger partial charge in [-0.25, -0.2) is 9.36 Å². The zero-order chi connectivity index (χ0) is 15.1. The van der Waals surface area contributed by atoms with E-state index in [1.165, 1.54) is 13.2 Å². The molecule has 1 aromatic heterocycles. The highest BCUT2D eigenvalue weighted by Crippen LogP contribution is 2.11. The highest BCUT2D eigenvalue weighted by Gasteiger charge is 2.20. The van der Waals surface area contributed by atoms with E-state index in [9.17, 15) is 24.5 Å². The quantitative estimate of drug-likeness (QED) is 0.381. The summed E-state index contributed by atoms with van der Waals surface area (Å²) in [4.78, 5) is 46.6. The van der Waals surface area contributed by atoms with Crippen LogP contribution in [0, 0.1) is 10.1 Å². The molecule has 0 aromatic carbocycles. The number of nitro groups is 1. The van der Waals surface area contributed by atoms with Gasteiger partial charge in [-0.3, -0.25) is 4.90 Å². The van der Waals surface area contributed by atoms with Crippen LogP contribution in [0.4, 0.5) is 10.7 Å². The monoisotopic (exact) mass is 284 g/mol. The molecule has 0 N–H and O–H groups in total. The first-order valence-corrected chi connectivity index (χ1v) is 5.45. The van der Waals surface area contributed by atoms with Crippen molar-refractivity contribution in [1.29, 1.82) is 0 Å². The molecule has 108 valence electrons. The third kappa shape index (κ3) is 3.60. The molecule has 1 aromatic rings. The largest absolute Gasteiger partial charge is 0.441 e. The second-order valence-corrected chi connectivity index (χ2v) is 3.66. The van der Waals surface area contributed by atoms with E-state index in [1.54, 1.807) is 0 Å². The lowest BCUT2D eigenvalue weighted by atomic mass is 10.5. The molecule has 0 saturated heterocycles. The fourth-order valence-corrected chi connectivity index (χ4v) is 1.37. The van der Waals surface area contributed by atoms with Crippen molar-refractivity contribution in [3.05, 3.63) is 22.0 Å². The van der Waals surface area contributed by atoms with Crippen LogP contribution in [-0.4, -0.2) is 51.1 Å². The van der Waals surface area contributed by atoms with Crippen LogP contribution in [0.25, 0.3) is 0 Å². The number of ether oxygens (including phenoxy) is 1. The summed E-state index contributed by atoms with van der Waals surface area (Å²) in [6.07, 6.45) is 1.25. The van der Waals surface area contributed by atoms with Crippen LogP contribution in [0.2, 0.25) is 0 Å². The van der Waals surface area contributed by atoms with E-state index in [0.717, 1.165) is 9.47 Å². The molecule has 1 amide bonds. The lowest BCUT2D eigenvalue weighted by Gasteiger charge is -2.16. The Kier molecular flexibility index (Phi) is 5.32. The number of hydrogen-bond acceptors (Lipinski definition) is 7. The van der Waals surface area contributed by atoms with Crippen molar-refractivity contribution in [2.75, 3.05) is 13.1 Å². The second-order valence-electron chi connectivity index (χ2n) is 3.66. The molecule has 0 aliphatic heterocycles. The van der Waals surface area contributed by atoms with Gasteiger partial charge in [0.2, 0.25) is 0 Å². The molecule has 0 spiro atoms. The zero-order valence-corrected chi connectivity index (χ0v) is 10.6. The number of nitrogens with zero attached hydrogens (tertiary/aromatic N) is 4. The Labute approximate surface area is 113 Å².